The molecule has 3 rings (SSSR count). The average molecular weight is 379 g/mol. The van der Waals surface area contributed by atoms with Gasteiger partial charge in [-0.25, -0.2) is 4.39 Å². The maximum absolute atomic E-state index is 12.8. The van der Waals surface area contributed by atoms with Crippen molar-refractivity contribution in [3.05, 3.63) is 53.7 Å². The fourth-order valence-electron chi connectivity index (χ4n) is 1.86. The van der Waals surface area contributed by atoms with Crippen LogP contribution in [0.3, 0.4) is 0 Å². The first-order chi connectivity index (χ1) is 12.1. The van der Waals surface area contributed by atoms with Gasteiger partial charge in [-0.3, -0.25) is 10.1 Å². The number of aromatic nitrogens is 2. The van der Waals surface area contributed by atoms with E-state index in [1.165, 1.54) is 35.6 Å². The van der Waals surface area contributed by atoms with E-state index in [9.17, 15) is 9.18 Å². The quantitative estimate of drug-likeness (QED) is 0.489. The van der Waals surface area contributed by atoms with Crippen molar-refractivity contribution in [2.45, 2.75) is 17.9 Å². The van der Waals surface area contributed by atoms with Crippen LogP contribution in [0.5, 0.6) is 5.75 Å². The molecule has 0 saturated heterocycles. The van der Waals surface area contributed by atoms with Gasteiger partial charge >= 0.3 is 0 Å². The third kappa shape index (κ3) is 4.80. The lowest BCUT2D eigenvalue weighted by Crippen LogP contribution is -2.10. The SMILES string of the molecule is CCSc1nnc(NC(=O)c2ccc(COc3ccc(F)cc3)o2)s1. The second-order valence-electron chi connectivity index (χ2n) is 4.77. The first-order valence-electron chi connectivity index (χ1n) is 7.39. The van der Waals surface area contributed by atoms with E-state index in [1.54, 1.807) is 23.9 Å². The summed E-state index contributed by atoms with van der Waals surface area (Å²) in [6.07, 6.45) is 0. The third-order valence-corrected chi connectivity index (χ3v) is 4.83. The zero-order valence-corrected chi connectivity index (χ0v) is 14.8. The third-order valence-electron chi connectivity index (χ3n) is 2.97. The molecule has 9 heteroatoms. The number of rotatable bonds is 7. The van der Waals surface area contributed by atoms with Crippen LogP contribution < -0.4 is 10.1 Å². The second kappa shape index (κ2) is 8.13. The van der Waals surface area contributed by atoms with Crippen LogP contribution in [0.4, 0.5) is 9.52 Å². The Morgan fingerprint density at radius 2 is 2.08 bits per heavy atom. The summed E-state index contributed by atoms with van der Waals surface area (Å²) in [5, 5.41) is 10.9. The van der Waals surface area contributed by atoms with Crippen molar-refractivity contribution in [2.24, 2.45) is 0 Å². The van der Waals surface area contributed by atoms with E-state index in [4.69, 9.17) is 9.15 Å². The van der Waals surface area contributed by atoms with Crippen LogP contribution in [0.15, 0.2) is 45.2 Å². The second-order valence-corrected chi connectivity index (χ2v) is 7.26. The Bertz CT molecular complexity index is 848. The minimum absolute atomic E-state index is 0.134. The van der Waals surface area contributed by atoms with Crippen LogP contribution in [-0.4, -0.2) is 21.9 Å². The Morgan fingerprint density at radius 1 is 1.28 bits per heavy atom. The Labute approximate surface area is 151 Å². The molecule has 25 heavy (non-hydrogen) atoms. The van der Waals surface area contributed by atoms with Gasteiger partial charge in [-0.1, -0.05) is 30.0 Å². The zero-order valence-electron chi connectivity index (χ0n) is 13.2. The van der Waals surface area contributed by atoms with Crippen molar-refractivity contribution >= 4 is 34.1 Å². The predicted molar refractivity (Wildman–Crippen MR) is 93.7 cm³/mol. The van der Waals surface area contributed by atoms with E-state index in [2.05, 4.69) is 15.5 Å². The van der Waals surface area contributed by atoms with Gasteiger partial charge in [0.25, 0.3) is 5.91 Å². The summed E-state index contributed by atoms with van der Waals surface area (Å²) >= 11 is 2.87. The van der Waals surface area contributed by atoms with Gasteiger partial charge in [-0.15, -0.1) is 10.2 Å². The summed E-state index contributed by atoms with van der Waals surface area (Å²) in [6.45, 7) is 2.15. The number of benzene rings is 1. The molecule has 0 fully saturated rings. The van der Waals surface area contributed by atoms with Gasteiger partial charge in [-0.05, 0) is 42.2 Å². The molecule has 0 aliphatic heterocycles. The summed E-state index contributed by atoms with van der Waals surface area (Å²) in [5.74, 6) is 1.29. The molecule has 0 bridgehead atoms. The molecule has 2 heterocycles. The smallest absolute Gasteiger partial charge is 0.293 e. The monoisotopic (exact) mass is 379 g/mol. The van der Waals surface area contributed by atoms with Gasteiger partial charge in [0.15, 0.2) is 10.1 Å². The van der Waals surface area contributed by atoms with Gasteiger partial charge in [0.05, 0.1) is 0 Å². The van der Waals surface area contributed by atoms with Crippen molar-refractivity contribution in [3.8, 4) is 5.75 Å². The highest BCUT2D eigenvalue weighted by Crippen LogP contribution is 2.25. The van der Waals surface area contributed by atoms with E-state index >= 15 is 0 Å². The highest BCUT2D eigenvalue weighted by atomic mass is 32.2. The van der Waals surface area contributed by atoms with Crippen molar-refractivity contribution in [1.82, 2.24) is 10.2 Å². The van der Waals surface area contributed by atoms with E-state index in [1.807, 2.05) is 6.92 Å². The Balaban J connectivity index is 1.56. The molecule has 0 spiro atoms. The lowest BCUT2D eigenvalue weighted by molar-refractivity contribution is 0.0992. The number of nitrogens with zero attached hydrogens (tertiary/aromatic N) is 2. The molecule has 0 saturated carbocycles. The first-order valence-corrected chi connectivity index (χ1v) is 9.19. The lowest BCUT2D eigenvalue weighted by Gasteiger charge is -2.03. The Hall–Kier alpha value is -2.39. The first kappa shape index (κ1) is 17.4. The molecule has 1 amide bonds. The molecule has 3 aromatic rings. The van der Waals surface area contributed by atoms with Gasteiger partial charge in [0.1, 0.15) is 23.9 Å². The van der Waals surface area contributed by atoms with Crippen LogP contribution >= 0.6 is 23.1 Å². The van der Waals surface area contributed by atoms with Gasteiger partial charge in [-0.2, -0.15) is 0 Å². The van der Waals surface area contributed by atoms with Gasteiger partial charge < -0.3 is 9.15 Å². The number of hydrogen-bond donors (Lipinski definition) is 1. The molecule has 1 N–H and O–H groups in total. The average Bonchev–Trinajstić information content (AvgIpc) is 3.24. The maximum Gasteiger partial charge on any atom is 0.293 e. The molecule has 0 unspecified atom stereocenters. The number of amides is 1. The number of nitrogens with one attached hydrogen (secondary N) is 1. The number of halogens is 1. The fourth-order valence-corrected chi connectivity index (χ4v) is 3.51. The minimum atomic E-state index is -0.405. The van der Waals surface area contributed by atoms with E-state index in [-0.39, 0.29) is 18.2 Å². The number of thioether (sulfide) groups is 1. The van der Waals surface area contributed by atoms with Crippen LogP contribution in [0.1, 0.15) is 23.2 Å². The minimum Gasteiger partial charge on any atom is -0.486 e. The van der Waals surface area contributed by atoms with E-state index in [0.717, 1.165) is 10.1 Å². The number of hydrogen-bond acceptors (Lipinski definition) is 7. The molecule has 0 atom stereocenters. The number of ether oxygens (including phenoxy) is 1. The molecule has 1 aromatic carbocycles. The van der Waals surface area contributed by atoms with E-state index < -0.39 is 5.91 Å². The molecular formula is C16H14FN3O3S2. The normalized spacial score (nSPS) is 10.6. The molecule has 0 aliphatic carbocycles. The van der Waals surface area contributed by atoms with E-state index in [0.29, 0.717) is 16.6 Å². The van der Waals surface area contributed by atoms with Crippen molar-refractivity contribution in [3.63, 3.8) is 0 Å². The summed E-state index contributed by atoms with van der Waals surface area (Å²) < 4.78 is 24.6. The highest BCUT2D eigenvalue weighted by molar-refractivity contribution is 8.01. The summed E-state index contributed by atoms with van der Waals surface area (Å²) in [4.78, 5) is 12.2. The zero-order chi connectivity index (χ0) is 17.6. The molecule has 2 aromatic heterocycles. The topological polar surface area (TPSA) is 77.2 Å². The van der Waals surface area contributed by atoms with Crippen molar-refractivity contribution < 1.29 is 18.3 Å². The van der Waals surface area contributed by atoms with Crippen molar-refractivity contribution in [2.75, 3.05) is 11.1 Å². The lowest BCUT2D eigenvalue weighted by atomic mass is 10.3. The highest BCUT2D eigenvalue weighted by Gasteiger charge is 2.14. The summed E-state index contributed by atoms with van der Waals surface area (Å²) in [6, 6.07) is 8.87. The largest absolute Gasteiger partial charge is 0.486 e. The Morgan fingerprint density at radius 3 is 2.84 bits per heavy atom. The number of carbonyl (C=O) groups excluding carboxylic acids is 1. The molecule has 0 aliphatic rings. The Kier molecular flexibility index (Phi) is 5.67. The summed E-state index contributed by atoms with van der Waals surface area (Å²) in [7, 11) is 0. The van der Waals surface area contributed by atoms with Crippen molar-refractivity contribution in [1.29, 1.82) is 0 Å². The number of anilines is 1. The van der Waals surface area contributed by atoms with Crippen LogP contribution in [0.2, 0.25) is 0 Å². The standard InChI is InChI=1S/C16H14FN3O3S2/c1-2-24-16-20-19-15(25-16)18-14(21)13-8-7-12(23-13)9-22-11-5-3-10(17)4-6-11/h3-8H,2,9H2,1H3,(H,18,19,21). The van der Waals surface area contributed by atoms with Gasteiger partial charge in [0, 0.05) is 0 Å². The molecule has 130 valence electrons. The predicted octanol–water partition coefficient (Wildman–Crippen LogP) is 4.21. The molecule has 6 nitrogen and oxygen atoms in total. The fraction of sp³-hybridized carbons (Fsp3) is 0.188. The number of carbonyl (C=O) groups is 1. The van der Waals surface area contributed by atoms with Crippen LogP contribution in [0, 0.1) is 5.82 Å². The maximum atomic E-state index is 12.8. The molecular weight excluding hydrogens is 365 g/mol. The number of furan rings is 1. The molecule has 0 radical (unpaired) electrons. The van der Waals surface area contributed by atoms with Crippen LogP contribution in [-0.2, 0) is 6.61 Å². The summed E-state index contributed by atoms with van der Waals surface area (Å²) in [5.41, 5.74) is 0. The van der Waals surface area contributed by atoms with Gasteiger partial charge in [0.2, 0.25) is 5.13 Å². The van der Waals surface area contributed by atoms with Crippen LogP contribution in [0.25, 0.3) is 0 Å².